The highest BCUT2D eigenvalue weighted by Gasteiger charge is 2.24. The molecule has 4 heterocycles. The summed E-state index contributed by atoms with van der Waals surface area (Å²) in [6.45, 7) is 3.56. The largest absolute Gasteiger partial charge is 0.342 e. The molecule has 6 aromatic rings. The lowest BCUT2D eigenvalue weighted by Gasteiger charge is -2.20. The highest BCUT2D eigenvalue weighted by molar-refractivity contribution is 6.02. The van der Waals surface area contributed by atoms with Crippen LogP contribution >= 0.6 is 0 Å². The van der Waals surface area contributed by atoms with Gasteiger partial charge in [0.1, 0.15) is 11.3 Å². The lowest BCUT2D eigenvalue weighted by molar-refractivity contribution is 0.0939. The second-order valence-corrected chi connectivity index (χ2v) is 9.35. The Labute approximate surface area is 228 Å². The number of para-hydroxylation sites is 1. The van der Waals surface area contributed by atoms with Crippen molar-refractivity contribution in [3.63, 3.8) is 0 Å². The molecule has 0 fully saturated rings. The number of carbonyl (C=O) groups excluding carboxylic acids is 1. The number of aromatic nitrogens is 7. The third-order valence-corrected chi connectivity index (χ3v) is 6.54. The van der Waals surface area contributed by atoms with Gasteiger partial charge in [-0.3, -0.25) is 18.8 Å². The van der Waals surface area contributed by atoms with Crippen LogP contribution in [0.15, 0.2) is 84.0 Å². The Kier molecular flexibility index (Phi) is 6.16. The second kappa shape index (κ2) is 9.96. The van der Waals surface area contributed by atoms with Crippen LogP contribution in [0.4, 0.5) is 0 Å². The third-order valence-electron chi connectivity index (χ3n) is 6.54. The molecule has 0 radical (unpaired) electrons. The monoisotopic (exact) mass is 528 g/mol. The number of carbonyl (C=O) groups is 1. The van der Waals surface area contributed by atoms with E-state index in [-0.39, 0.29) is 11.5 Å². The van der Waals surface area contributed by atoms with Gasteiger partial charge in [-0.1, -0.05) is 36.1 Å². The lowest BCUT2D eigenvalue weighted by Crippen LogP contribution is -2.33. The zero-order chi connectivity index (χ0) is 27.8. The third kappa shape index (κ3) is 4.39. The van der Waals surface area contributed by atoms with E-state index in [0.717, 1.165) is 5.56 Å². The molecule has 1 atom stereocenters. The summed E-state index contributed by atoms with van der Waals surface area (Å²) in [5.41, 5.74) is 3.69. The van der Waals surface area contributed by atoms with Gasteiger partial charge in [0.05, 0.1) is 45.6 Å². The molecule has 0 aliphatic rings. The Hall–Kier alpha value is -5.56. The first-order valence-corrected chi connectivity index (χ1v) is 12.6. The van der Waals surface area contributed by atoms with Gasteiger partial charge in [0.25, 0.3) is 11.5 Å². The molecule has 10 nitrogen and oxygen atoms in total. The highest BCUT2D eigenvalue weighted by atomic mass is 16.2. The molecule has 1 amide bonds. The van der Waals surface area contributed by atoms with E-state index in [1.807, 2.05) is 49.6 Å². The fourth-order valence-electron chi connectivity index (χ4n) is 4.71. The predicted octanol–water partition coefficient (Wildman–Crippen LogP) is 3.36. The number of aryl methyl sites for hydroxylation is 2. The first-order valence-electron chi connectivity index (χ1n) is 12.6. The molecule has 196 valence electrons. The minimum absolute atomic E-state index is 0.278. The van der Waals surface area contributed by atoms with Crippen molar-refractivity contribution in [2.75, 3.05) is 0 Å². The summed E-state index contributed by atoms with van der Waals surface area (Å²) in [4.78, 5) is 32.5. The molecule has 6 rings (SSSR count). The Balaban J connectivity index is 1.48. The zero-order valence-corrected chi connectivity index (χ0v) is 22.0. The van der Waals surface area contributed by atoms with Gasteiger partial charge in [0, 0.05) is 25.0 Å². The van der Waals surface area contributed by atoms with Crippen molar-refractivity contribution in [3.8, 4) is 17.5 Å². The van der Waals surface area contributed by atoms with E-state index in [4.69, 9.17) is 4.98 Å². The first kappa shape index (κ1) is 24.8. The second-order valence-electron chi connectivity index (χ2n) is 9.35. The van der Waals surface area contributed by atoms with E-state index < -0.39 is 6.04 Å². The Morgan fingerprint density at radius 3 is 2.60 bits per heavy atom. The molecule has 0 saturated heterocycles. The van der Waals surface area contributed by atoms with E-state index >= 15 is 0 Å². The minimum atomic E-state index is -0.624. The molecular weight excluding hydrogens is 504 g/mol. The Morgan fingerprint density at radius 1 is 1.00 bits per heavy atom. The normalized spacial score (nSPS) is 11.8. The van der Waals surface area contributed by atoms with E-state index in [2.05, 4.69) is 32.5 Å². The highest BCUT2D eigenvalue weighted by Crippen LogP contribution is 2.22. The van der Waals surface area contributed by atoms with Crippen LogP contribution in [0.2, 0.25) is 0 Å². The molecule has 0 bridgehead atoms. The summed E-state index contributed by atoms with van der Waals surface area (Å²) in [6.07, 6.45) is 5.09. The van der Waals surface area contributed by atoms with Crippen LogP contribution in [-0.4, -0.2) is 40.1 Å². The van der Waals surface area contributed by atoms with E-state index in [0.29, 0.717) is 44.8 Å². The maximum Gasteiger partial charge on any atom is 0.267 e. The topological polar surface area (TPSA) is 112 Å². The fraction of sp³-hybridized carbons (Fsp3) is 0.133. The lowest BCUT2D eigenvalue weighted by atomic mass is 10.1. The Morgan fingerprint density at radius 2 is 1.82 bits per heavy atom. The Bertz CT molecular complexity index is 2030. The molecule has 0 unspecified atom stereocenters. The first-order chi connectivity index (χ1) is 19.4. The van der Waals surface area contributed by atoms with Crippen molar-refractivity contribution in [2.24, 2.45) is 7.05 Å². The summed E-state index contributed by atoms with van der Waals surface area (Å²) < 4.78 is 4.63. The standard InChI is InChI=1S/C30H24N8O2/c1-19-26(25-13-8-16-31-38(25)35-19)29(39)33-20(2)28-34-24-12-7-9-22(15-14-21-17-32-36(3)18-21)27(24)30(40)37(28)23-10-5-4-6-11-23/h4-13,16-18,20H,1-3H3,(H,33,39)/t20-/m0/s1. The van der Waals surface area contributed by atoms with Crippen LogP contribution in [-0.2, 0) is 7.05 Å². The molecule has 10 heteroatoms. The number of amides is 1. The summed E-state index contributed by atoms with van der Waals surface area (Å²) in [7, 11) is 1.82. The number of rotatable bonds is 4. The molecule has 0 aliphatic heterocycles. The number of hydrogen-bond acceptors (Lipinski definition) is 6. The van der Waals surface area contributed by atoms with Gasteiger partial charge in [0.15, 0.2) is 0 Å². The van der Waals surface area contributed by atoms with Crippen LogP contribution in [0.5, 0.6) is 0 Å². The average Bonchev–Trinajstić information content (AvgIpc) is 3.53. The van der Waals surface area contributed by atoms with Crippen molar-refractivity contribution in [1.82, 2.24) is 39.5 Å². The van der Waals surface area contributed by atoms with E-state index in [1.165, 1.54) is 9.20 Å². The maximum absolute atomic E-state index is 14.1. The quantitative estimate of drug-likeness (QED) is 0.351. The molecule has 4 aromatic heterocycles. The van der Waals surface area contributed by atoms with Gasteiger partial charge in [0.2, 0.25) is 0 Å². The van der Waals surface area contributed by atoms with Crippen molar-refractivity contribution in [1.29, 1.82) is 0 Å². The van der Waals surface area contributed by atoms with Gasteiger partial charge in [-0.15, -0.1) is 0 Å². The van der Waals surface area contributed by atoms with E-state index in [9.17, 15) is 9.59 Å². The number of nitrogens with zero attached hydrogens (tertiary/aromatic N) is 7. The van der Waals surface area contributed by atoms with E-state index in [1.54, 1.807) is 55.2 Å². The van der Waals surface area contributed by atoms with Gasteiger partial charge >= 0.3 is 0 Å². The van der Waals surface area contributed by atoms with Crippen molar-refractivity contribution in [2.45, 2.75) is 19.9 Å². The number of fused-ring (bicyclic) bond motifs is 2. The minimum Gasteiger partial charge on any atom is -0.342 e. The van der Waals surface area contributed by atoms with Crippen LogP contribution < -0.4 is 10.9 Å². The predicted molar refractivity (Wildman–Crippen MR) is 150 cm³/mol. The molecule has 1 N–H and O–H groups in total. The van der Waals surface area contributed by atoms with Crippen LogP contribution in [0.25, 0.3) is 22.1 Å². The van der Waals surface area contributed by atoms with Gasteiger partial charge in [-0.25, -0.2) is 4.98 Å². The molecule has 0 spiro atoms. The molecule has 40 heavy (non-hydrogen) atoms. The molecule has 0 saturated carbocycles. The van der Waals surface area contributed by atoms with Gasteiger partial charge < -0.3 is 5.32 Å². The summed E-state index contributed by atoms with van der Waals surface area (Å²) in [5, 5.41) is 16.1. The number of benzene rings is 2. The summed E-state index contributed by atoms with van der Waals surface area (Å²) in [5.74, 6) is 6.25. The van der Waals surface area contributed by atoms with Crippen LogP contribution in [0.3, 0.4) is 0 Å². The molecular formula is C30H24N8O2. The van der Waals surface area contributed by atoms with Crippen molar-refractivity contribution < 1.29 is 4.79 Å². The maximum atomic E-state index is 14.1. The smallest absolute Gasteiger partial charge is 0.267 e. The SMILES string of the molecule is Cc1nn2ncccc2c1C(=O)N[C@@H](C)c1nc2cccc(C#Cc3cnn(C)c3)c2c(=O)n1-c1ccccc1. The number of nitrogens with one attached hydrogen (secondary N) is 1. The summed E-state index contributed by atoms with van der Waals surface area (Å²) in [6, 6.07) is 17.6. The van der Waals surface area contributed by atoms with Gasteiger partial charge in [-0.2, -0.15) is 19.9 Å². The van der Waals surface area contributed by atoms with Crippen LogP contribution in [0, 0.1) is 18.8 Å². The summed E-state index contributed by atoms with van der Waals surface area (Å²) >= 11 is 0. The van der Waals surface area contributed by atoms with Crippen LogP contribution in [0.1, 0.15) is 46.0 Å². The van der Waals surface area contributed by atoms with Crippen molar-refractivity contribution >= 4 is 22.3 Å². The fourth-order valence-corrected chi connectivity index (χ4v) is 4.71. The van der Waals surface area contributed by atoms with Gasteiger partial charge in [-0.05, 0) is 50.2 Å². The zero-order valence-electron chi connectivity index (χ0n) is 22.0. The number of hydrogen-bond donors (Lipinski definition) is 1. The average molecular weight is 529 g/mol. The molecule has 0 aliphatic carbocycles. The molecule has 2 aromatic carbocycles. The van der Waals surface area contributed by atoms with Crippen molar-refractivity contribution in [3.05, 3.63) is 118 Å².